The fraction of sp³-hybridized carbons (Fsp3) is 0.500. The molecule has 0 saturated heterocycles. The zero-order valence-electron chi connectivity index (χ0n) is 9.70. The highest BCUT2D eigenvalue weighted by atomic mass is 19.3. The first-order valence-electron chi connectivity index (χ1n) is 5.45. The smallest absolute Gasteiger partial charge is 0.272 e. The number of alkyl halides is 2. The summed E-state index contributed by atoms with van der Waals surface area (Å²) in [5, 5.41) is 10.2. The molecule has 1 rings (SSSR count). The van der Waals surface area contributed by atoms with E-state index in [4.69, 9.17) is 10.5 Å². The summed E-state index contributed by atoms with van der Waals surface area (Å²) in [6.07, 6.45) is -2.07. The Morgan fingerprint density at radius 3 is 2.71 bits per heavy atom. The molecule has 5 heteroatoms. The van der Waals surface area contributed by atoms with Gasteiger partial charge in [0.15, 0.2) is 0 Å². The van der Waals surface area contributed by atoms with Gasteiger partial charge in [-0.3, -0.25) is 0 Å². The fourth-order valence-electron chi connectivity index (χ4n) is 1.50. The van der Waals surface area contributed by atoms with Crippen LogP contribution in [0.15, 0.2) is 24.3 Å². The quantitative estimate of drug-likeness (QED) is 0.804. The first kappa shape index (κ1) is 13.9. The van der Waals surface area contributed by atoms with Crippen LogP contribution in [0.25, 0.3) is 0 Å². The molecule has 3 N–H and O–H groups in total. The lowest BCUT2D eigenvalue weighted by Crippen LogP contribution is -2.34. The highest BCUT2D eigenvalue weighted by Crippen LogP contribution is 2.26. The van der Waals surface area contributed by atoms with Gasteiger partial charge in [-0.25, -0.2) is 8.78 Å². The molecule has 17 heavy (non-hydrogen) atoms. The topological polar surface area (TPSA) is 55.5 Å². The Hall–Kier alpha value is -1.20. The maximum Gasteiger partial charge on any atom is 0.272 e. The summed E-state index contributed by atoms with van der Waals surface area (Å²) in [7, 11) is 0. The average molecular weight is 245 g/mol. The van der Waals surface area contributed by atoms with Crippen LogP contribution in [0.5, 0.6) is 5.75 Å². The van der Waals surface area contributed by atoms with Gasteiger partial charge in [-0.15, -0.1) is 0 Å². The van der Waals surface area contributed by atoms with Crippen LogP contribution in [-0.2, 0) is 5.60 Å². The summed E-state index contributed by atoms with van der Waals surface area (Å²) in [6, 6.07) is 6.45. The summed E-state index contributed by atoms with van der Waals surface area (Å²) in [5.74, 6) is 0.308. The molecule has 1 atom stereocenters. The van der Waals surface area contributed by atoms with Gasteiger partial charge in [-0.1, -0.05) is 19.1 Å². The molecular formula is C12H17F2NO2. The van der Waals surface area contributed by atoms with Gasteiger partial charge in [-0.2, -0.15) is 0 Å². The van der Waals surface area contributed by atoms with Crippen molar-refractivity contribution >= 4 is 0 Å². The first-order chi connectivity index (χ1) is 8.01. The van der Waals surface area contributed by atoms with Gasteiger partial charge in [0.2, 0.25) is 0 Å². The molecule has 0 radical (unpaired) electrons. The van der Waals surface area contributed by atoms with E-state index in [1.165, 1.54) is 0 Å². The van der Waals surface area contributed by atoms with E-state index < -0.39 is 18.6 Å². The van der Waals surface area contributed by atoms with Crippen LogP contribution in [0, 0.1) is 0 Å². The number of benzene rings is 1. The average Bonchev–Trinajstić information content (AvgIpc) is 2.35. The Bertz CT molecular complexity index is 354. The molecule has 0 unspecified atom stereocenters. The van der Waals surface area contributed by atoms with E-state index in [1.54, 1.807) is 31.2 Å². The zero-order chi connectivity index (χ0) is 12.9. The molecule has 0 aliphatic heterocycles. The highest BCUT2D eigenvalue weighted by Gasteiger charge is 2.25. The van der Waals surface area contributed by atoms with E-state index in [0.29, 0.717) is 17.7 Å². The molecule has 0 amide bonds. The van der Waals surface area contributed by atoms with Crippen LogP contribution >= 0.6 is 0 Å². The van der Waals surface area contributed by atoms with E-state index in [0.717, 1.165) is 0 Å². The number of nitrogens with two attached hydrogens (primary N) is 1. The monoisotopic (exact) mass is 245 g/mol. The van der Waals surface area contributed by atoms with Crippen LogP contribution in [0.1, 0.15) is 18.9 Å². The van der Waals surface area contributed by atoms with Gasteiger partial charge in [0.1, 0.15) is 18.0 Å². The van der Waals surface area contributed by atoms with Crippen molar-refractivity contribution in [2.45, 2.75) is 25.4 Å². The molecular weight excluding hydrogens is 228 g/mol. The fourth-order valence-corrected chi connectivity index (χ4v) is 1.50. The number of halogens is 2. The summed E-state index contributed by atoms with van der Waals surface area (Å²) < 4.78 is 28.9. The van der Waals surface area contributed by atoms with Gasteiger partial charge in [0.05, 0.1) is 0 Å². The number of hydrogen-bond donors (Lipinski definition) is 2. The summed E-state index contributed by atoms with van der Waals surface area (Å²) >= 11 is 0. The highest BCUT2D eigenvalue weighted by molar-refractivity contribution is 5.32. The standard InChI is InChI=1S/C12H17F2NO2/c1-2-12(16,8-15)9-4-3-5-10(6-9)17-7-11(13)14/h3-6,11,16H,2,7-8,15H2,1H3/t12-/m1/s1. The molecule has 0 fully saturated rings. The van der Waals surface area contributed by atoms with Crippen LogP contribution < -0.4 is 10.5 Å². The molecule has 3 nitrogen and oxygen atoms in total. The SMILES string of the molecule is CC[C@@](O)(CN)c1cccc(OCC(F)F)c1. The van der Waals surface area contributed by atoms with E-state index in [2.05, 4.69) is 0 Å². The van der Waals surface area contributed by atoms with Crippen LogP contribution in [0.4, 0.5) is 8.78 Å². The first-order valence-corrected chi connectivity index (χ1v) is 5.45. The van der Waals surface area contributed by atoms with Crippen molar-refractivity contribution in [3.05, 3.63) is 29.8 Å². The number of aliphatic hydroxyl groups is 1. The second-order valence-electron chi connectivity index (χ2n) is 3.82. The van der Waals surface area contributed by atoms with E-state index >= 15 is 0 Å². The van der Waals surface area contributed by atoms with Crippen molar-refractivity contribution in [3.8, 4) is 5.75 Å². The number of ether oxygens (including phenoxy) is 1. The minimum atomic E-state index is -2.52. The minimum Gasteiger partial charge on any atom is -0.488 e. The predicted octanol–water partition coefficient (Wildman–Crippen LogP) is 1.89. The van der Waals surface area contributed by atoms with Crippen molar-refractivity contribution in [2.24, 2.45) is 5.73 Å². The molecule has 0 saturated carbocycles. The van der Waals surface area contributed by atoms with Gasteiger partial charge in [0, 0.05) is 6.54 Å². The van der Waals surface area contributed by atoms with Gasteiger partial charge >= 0.3 is 0 Å². The summed E-state index contributed by atoms with van der Waals surface area (Å²) in [4.78, 5) is 0. The van der Waals surface area contributed by atoms with Crippen molar-refractivity contribution in [2.75, 3.05) is 13.2 Å². The van der Waals surface area contributed by atoms with Crippen LogP contribution in [0.2, 0.25) is 0 Å². The van der Waals surface area contributed by atoms with Crippen LogP contribution in [0.3, 0.4) is 0 Å². The van der Waals surface area contributed by atoms with Crippen molar-refractivity contribution in [1.82, 2.24) is 0 Å². The van der Waals surface area contributed by atoms with Gasteiger partial charge in [0.25, 0.3) is 6.43 Å². The third-order valence-corrected chi connectivity index (χ3v) is 2.67. The van der Waals surface area contributed by atoms with Crippen molar-refractivity contribution in [3.63, 3.8) is 0 Å². The third-order valence-electron chi connectivity index (χ3n) is 2.67. The summed E-state index contributed by atoms with van der Waals surface area (Å²) in [6.45, 7) is 1.22. The Morgan fingerprint density at radius 2 is 2.18 bits per heavy atom. The lowest BCUT2D eigenvalue weighted by molar-refractivity contribution is 0.0412. The van der Waals surface area contributed by atoms with Crippen LogP contribution in [-0.4, -0.2) is 24.7 Å². The minimum absolute atomic E-state index is 0.0712. The van der Waals surface area contributed by atoms with Gasteiger partial charge in [-0.05, 0) is 24.1 Å². The normalized spacial score (nSPS) is 14.7. The van der Waals surface area contributed by atoms with Gasteiger partial charge < -0.3 is 15.6 Å². The zero-order valence-corrected chi connectivity index (χ0v) is 9.70. The Kier molecular flexibility index (Phi) is 4.84. The number of rotatable bonds is 6. The van der Waals surface area contributed by atoms with Crippen molar-refractivity contribution < 1.29 is 18.6 Å². The molecule has 0 heterocycles. The molecule has 0 aliphatic rings. The summed E-state index contributed by atoms with van der Waals surface area (Å²) in [5.41, 5.74) is 4.95. The third kappa shape index (κ3) is 3.64. The molecule has 0 spiro atoms. The predicted molar refractivity (Wildman–Crippen MR) is 61.2 cm³/mol. The molecule has 0 aliphatic carbocycles. The second-order valence-corrected chi connectivity index (χ2v) is 3.82. The maximum absolute atomic E-state index is 12.0. The molecule has 0 aromatic heterocycles. The van der Waals surface area contributed by atoms with E-state index in [9.17, 15) is 13.9 Å². The second kappa shape index (κ2) is 5.93. The lowest BCUT2D eigenvalue weighted by atomic mass is 9.91. The molecule has 0 bridgehead atoms. The Balaban J connectivity index is 2.85. The molecule has 96 valence electrons. The largest absolute Gasteiger partial charge is 0.488 e. The van der Waals surface area contributed by atoms with E-state index in [1.807, 2.05) is 0 Å². The molecule has 1 aromatic rings. The Morgan fingerprint density at radius 1 is 1.47 bits per heavy atom. The maximum atomic E-state index is 12.0. The van der Waals surface area contributed by atoms with E-state index in [-0.39, 0.29) is 6.54 Å². The van der Waals surface area contributed by atoms with Crippen molar-refractivity contribution in [1.29, 1.82) is 0 Å². The lowest BCUT2D eigenvalue weighted by Gasteiger charge is -2.25. The Labute approximate surface area is 99.2 Å². The number of hydrogen-bond acceptors (Lipinski definition) is 3. The molecule has 1 aromatic carbocycles.